The second-order valence-electron chi connectivity index (χ2n) is 8.49. The van der Waals surface area contributed by atoms with E-state index in [1.165, 1.54) is 18.2 Å². The predicted molar refractivity (Wildman–Crippen MR) is 120 cm³/mol. The molecule has 0 aliphatic heterocycles. The number of carbonyl (C=O) groups is 1. The van der Waals surface area contributed by atoms with E-state index in [4.69, 9.17) is 4.98 Å². The van der Waals surface area contributed by atoms with Gasteiger partial charge in [-0.1, -0.05) is 57.5 Å². The first-order chi connectivity index (χ1) is 13.8. The molecule has 6 heteroatoms. The summed E-state index contributed by atoms with van der Waals surface area (Å²) < 4.78 is 1.75. The van der Waals surface area contributed by atoms with Crippen molar-refractivity contribution in [2.24, 2.45) is 11.8 Å². The summed E-state index contributed by atoms with van der Waals surface area (Å²) in [5.74, 6) is 1.15. The van der Waals surface area contributed by atoms with E-state index in [1.807, 2.05) is 38.1 Å². The molecule has 1 aromatic heterocycles. The highest BCUT2D eigenvalue weighted by Crippen LogP contribution is 2.31. The standard InChI is InChI=1S/C23H33N3O2S/c1-6-15(3)26-22(28)18-11-7-8-12-20(18)25-23(26)29-17(5)21(27)24-19-13-9-10-14(2)16(19)4/h7-8,11-12,14-17,19H,6,9-10,13H2,1-5H3,(H,24,27)/t14-,15+,16-,17+,19+/m0/s1. The topological polar surface area (TPSA) is 64.0 Å². The van der Waals surface area contributed by atoms with Gasteiger partial charge in [0, 0.05) is 12.1 Å². The number of hydrogen-bond acceptors (Lipinski definition) is 4. The molecular weight excluding hydrogens is 382 g/mol. The summed E-state index contributed by atoms with van der Waals surface area (Å²) in [5.41, 5.74) is 0.650. The first kappa shape index (κ1) is 21.9. The van der Waals surface area contributed by atoms with Gasteiger partial charge in [-0.2, -0.15) is 0 Å². The minimum absolute atomic E-state index is 0.0246. The molecule has 158 valence electrons. The van der Waals surface area contributed by atoms with Crippen molar-refractivity contribution in [2.75, 3.05) is 0 Å². The van der Waals surface area contributed by atoms with Crippen LogP contribution < -0.4 is 10.9 Å². The van der Waals surface area contributed by atoms with Gasteiger partial charge in [0.1, 0.15) is 0 Å². The Balaban J connectivity index is 1.84. The number of fused-ring (bicyclic) bond motifs is 1. The third-order valence-corrected chi connectivity index (χ3v) is 7.56. The number of aromatic nitrogens is 2. The van der Waals surface area contributed by atoms with E-state index < -0.39 is 0 Å². The van der Waals surface area contributed by atoms with Crippen LogP contribution in [0, 0.1) is 11.8 Å². The van der Waals surface area contributed by atoms with E-state index in [1.54, 1.807) is 4.57 Å². The lowest BCUT2D eigenvalue weighted by molar-refractivity contribution is -0.121. The van der Waals surface area contributed by atoms with Crippen molar-refractivity contribution < 1.29 is 4.79 Å². The van der Waals surface area contributed by atoms with E-state index in [-0.39, 0.29) is 28.8 Å². The van der Waals surface area contributed by atoms with E-state index in [9.17, 15) is 9.59 Å². The smallest absolute Gasteiger partial charge is 0.262 e. The molecule has 3 rings (SSSR count). The predicted octanol–water partition coefficient (Wildman–Crippen LogP) is 4.79. The molecule has 1 aliphatic carbocycles. The lowest BCUT2D eigenvalue weighted by Crippen LogP contribution is -2.46. The van der Waals surface area contributed by atoms with Crippen molar-refractivity contribution in [3.8, 4) is 0 Å². The van der Waals surface area contributed by atoms with Gasteiger partial charge in [-0.3, -0.25) is 14.2 Å². The molecular formula is C23H33N3O2S. The summed E-state index contributed by atoms with van der Waals surface area (Å²) in [5, 5.41) is 4.19. The zero-order valence-corrected chi connectivity index (χ0v) is 19.0. The summed E-state index contributed by atoms with van der Waals surface area (Å²) in [4.78, 5) is 30.8. The Bertz CT molecular complexity index is 926. The van der Waals surface area contributed by atoms with Gasteiger partial charge >= 0.3 is 0 Å². The monoisotopic (exact) mass is 415 g/mol. The van der Waals surface area contributed by atoms with Crippen molar-refractivity contribution in [1.82, 2.24) is 14.9 Å². The van der Waals surface area contributed by atoms with Crippen LogP contribution in [-0.2, 0) is 4.79 Å². The minimum Gasteiger partial charge on any atom is -0.352 e. The lowest BCUT2D eigenvalue weighted by atomic mass is 9.78. The second kappa shape index (κ2) is 9.33. The number of nitrogens with zero attached hydrogens (tertiary/aromatic N) is 2. The molecule has 1 heterocycles. The van der Waals surface area contributed by atoms with Gasteiger partial charge in [0.05, 0.1) is 16.2 Å². The maximum absolute atomic E-state index is 13.1. The Morgan fingerprint density at radius 3 is 2.72 bits per heavy atom. The molecule has 0 spiro atoms. The van der Waals surface area contributed by atoms with Gasteiger partial charge in [-0.05, 0) is 50.7 Å². The van der Waals surface area contributed by atoms with Gasteiger partial charge < -0.3 is 5.32 Å². The van der Waals surface area contributed by atoms with Crippen LogP contribution in [0.1, 0.15) is 66.3 Å². The van der Waals surface area contributed by atoms with E-state index >= 15 is 0 Å². The molecule has 5 nitrogen and oxygen atoms in total. The Kier molecular flexibility index (Phi) is 7.04. The number of hydrogen-bond donors (Lipinski definition) is 1. The molecule has 0 bridgehead atoms. The van der Waals surface area contributed by atoms with E-state index in [2.05, 4.69) is 26.1 Å². The molecule has 5 atom stereocenters. The van der Waals surface area contributed by atoms with Crippen LogP contribution in [0.3, 0.4) is 0 Å². The van der Waals surface area contributed by atoms with Crippen LogP contribution in [-0.4, -0.2) is 26.8 Å². The van der Waals surface area contributed by atoms with Gasteiger partial charge in [0.25, 0.3) is 5.56 Å². The molecule has 0 unspecified atom stereocenters. The van der Waals surface area contributed by atoms with Crippen LogP contribution >= 0.6 is 11.8 Å². The highest BCUT2D eigenvalue weighted by Gasteiger charge is 2.30. The summed E-state index contributed by atoms with van der Waals surface area (Å²) in [6.07, 6.45) is 4.27. The number of benzene rings is 1. The molecule has 1 N–H and O–H groups in total. The number of para-hydroxylation sites is 1. The van der Waals surface area contributed by atoms with Crippen molar-refractivity contribution in [3.05, 3.63) is 34.6 Å². The van der Waals surface area contributed by atoms with Gasteiger partial charge in [0.2, 0.25) is 5.91 Å². The zero-order valence-electron chi connectivity index (χ0n) is 18.1. The molecule has 1 amide bonds. The van der Waals surface area contributed by atoms with Crippen molar-refractivity contribution in [3.63, 3.8) is 0 Å². The highest BCUT2D eigenvalue weighted by atomic mass is 32.2. The number of thioether (sulfide) groups is 1. The second-order valence-corrected chi connectivity index (χ2v) is 9.79. The number of rotatable bonds is 6. The Labute approximate surface area is 177 Å². The summed E-state index contributed by atoms with van der Waals surface area (Å²) in [6, 6.07) is 7.68. The third kappa shape index (κ3) is 4.68. The molecule has 1 aromatic carbocycles. The fraction of sp³-hybridized carbons (Fsp3) is 0.609. The zero-order chi connectivity index (χ0) is 21.1. The van der Waals surface area contributed by atoms with Crippen LogP contribution in [0.5, 0.6) is 0 Å². The maximum Gasteiger partial charge on any atom is 0.262 e. The van der Waals surface area contributed by atoms with Crippen LogP contribution in [0.2, 0.25) is 0 Å². The van der Waals surface area contributed by atoms with Gasteiger partial charge in [-0.15, -0.1) is 0 Å². The number of carbonyl (C=O) groups excluding carboxylic acids is 1. The van der Waals surface area contributed by atoms with Crippen molar-refractivity contribution in [1.29, 1.82) is 0 Å². The number of amides is 1. The summed E-state index contributed by atoms with van der Waals surface area (Å²) >= 11 is 1.38. The molecule has 29 heavy (non-hydrogen) atoms. The molecule has 1 aliphatic rings. The fourth-order valence-electron chi connectivity index (χ4n) is 4.08. The molecule has 1 fully saturated rings. The highest BCUT2D eigenvalue weighted by molar-refractivity contribution is 8.00. The Morgan fingerprint density at radius 1 is 1.28 bits per heavy atom. The fourth-order valence-corrected chi connectivity index (χ4v) is 5.10. The van der Waals surface area contributed by atoms with Crippen molar-refractivity contribution in [2.45, 2.75) is 82.8 Å². The molecule has 0 saturated heterocycles. The minimum atomic E-state index is -0.317. The summed E-state index contributed by atoms with van der Waals surface area (Å²) in [7, 11) is 0. The van der Waals surface area contributed by atoms with Gasteiger partial charge in [-0.25, -0.2) is 4.98 Å². The molecule has 2 aromatic rings. The average Bonchev–Trinajstić information content (AvgIpc) is 2.71. The van der Waals surface area contributed by atoms with Crippen LogP contribution in [0.4, 0.5) is 0 Å². The third-order valence-electron chi connectivity index (χ3n) is 6.49. The van der Waals surface area contributed by atoms with E-state index in [0.29, 0.717) is 27.9 Å². The SMILES string of the molecule is CC[C@@H](C)n1c(S[C@H](C)C(=O)N[C@@H]2CCC[C@H](C)[C@@H]2C)nc2ccccc2c1=O. The largest absolute Gasteiger partial charge is 0.352 e. The first-order valence-corrected chi connectivity index (χ1v) is 11.7. The molecule has 0 radical (unpaired) electrons. The van der Waals surface area contributed by atoms with Crippen molar-refractivity contribution >= 4 is 28.6 Å². The normalized spacial score (nSPS) is 24.2. The van der Waals surface area contributed by atoms with Gasteiger partial charge in [0.15, 0.2) is 5.16 Å². The lowest BCUT2D eigenvalue weighted by Gasteiger charge is -2.35. The Hall–Kier alpha value is -1.82. The Morgan fingerprint density at radius 2 is 2.00 bits per heavy atom. The van der Waals surface area contributed by atoms with Crippen LogP contribution in [0.25, 0.3) is 10.9 Å². The molecule has 1 saturated carbocycles. The average molecular weight is 416 g/mol. The van der Waals surface area contributed by atoms with E-state index in [0.717, 1.165) is 19.3 Å². The maximum atomic E-state index is 13.1. The summed E-state index contributed by atoms with van der Waals surface area (Å²) in [6.45, 7) is 10.5. The van der Waals surface area contributed by atoms with Crippen LogP contribution in [0.15, 0.2) is 34.2 Å². The first-order valence-electron chi connectivity index (χ1n) is 10.8. The quantitative estimate of drug-likeness (QED) is 0.544. The number of nitrogens with one attached hydrogen (secondary N) is 1.